The predicted molar refractivity (Wildman–Crippen MR) is 76.2 cm³/mol. The average molecular weight is 260 g/mol. The molecule has 0 atom stereocenters. The first-order valence-electron chi connectivity index (χ1n) is 6.61. The monoisotopic (exact) mass is 260 g/mol. The molecule has 0 aliphatic heterocycles. The number of hydrogen-bond acceptors (Lipinski definition) is 4. The van der Waals surface area contributed by atoms with E-state index in [0.717, 1.165) is 6.42 Å². The van der Waals surface area contributed by atoms with Crippen molar-refractivity contribution < 1.29 is 0 Å². The normalized spacial score (nSPS) is 11.9. The van der Waals surface area contributed by atoms with E-state index in [9.17, 15) is 4.79 Å². The Morgan fingerprint density at radius 1 is 1.32 bits per heavy atom. The van der Waals surface area contributed by atoms with Crippen molar-refractivity contribution >= 4 is 10.9 Å². The smallest absolute Gasteiger partial charge is 0.277 e. The molecule has 0 amide bonds. The number of nitrogens with one attached hydrogen (secondary N) is 1. The number of rotatable bonds is 5. The van der Waals surface area contributed by atoms with Crippen molar-refractivity contribution in [2.24, 2.45) is 0 Å². The SMILES string of the molecule is CCC(C)(C)NCCn1nnc2ccccc2c1=O. The first-order valence-corrected chi connectivity index (χ1v) is 6.61. The lowest BCUT2D eigenvalue weighted by molar-refractivity contribution is 0.359. The molecule has 0 saturated heterocycles. The van der Waals surface area contributed by atoms with E-state index in [4.69, 9.17) is 0 Å². The van der Waals surface area contributed by atoms with Crippen molar-refractivity contribution in [3.05, 3.63) is 34.6 Å². The van der Waals surface area contributed by atoms with Crippen LogP contribution < -0.4 is 10.9 Å². The van der Waals surface area contributed by atoms with E-state index in [1.165, 1.54) is 4.68 Å². The van der Waals surface area contributed by atoms with Gasteiger partial charge in [-0.2, -0.15) is 0 Å². The second-order valence-corrected chi connectivity index (χ2v) is 5.30. The fourth-order valence-electron chi connectivity index (χ4n) is 1.79. The van der Waals surface area contributed by atoms with Gasteiger partial charge in [-0.15, -0.1) is 5.10 Å². The minimum Gasteiger partial charge on any atom is -0.310 e. The van der Waals surface area contributed by atoms with Crippen molar-refractivity contribution in [1.29, 1.82) is 0 Å². The molecule has 0 spiro atoms. The van der Waals surface area contributed by atoms with Crippen molar-refractivity contribution in [2.45, 2.75) is 39.3 Å². The Labute approximate surface area is 112 Å². The third-order valence-corrected chi connectivity index (χ3v) is 3.44. The van der Waals surface area contributed by atoms with E-state index in [-0.39, 0.29) is 11.1 Å². The third kappa shape index (κ3) is 3.17. The highest BCUT2D eigenvalue weighted by Crippen LogP contribution is 2.06. The van der Waals surface area contributed by atoms with Gasteiger partial charge >= 0.3 is 0 Å². The zero-order valence-electron chi connectivity index (χ0n) is 11.7. The molecule has 102 valence electrons. The summed E-state index contributed by atoms with van der Waals surface area (Å²) in [6.45, 7) is 7.65. The first-order chi connectivity index (χ1) is 9.03. The number of hydrogen-bond donors (Lipinski definition) is 1. The van der Waals surface area contributed by atoms with Crippen LogP contribution in [0.25, 0.3) is 10.9 Å². The van der Waals surface area contributed by atoms with Crippen molar-refractivity contribution in [3.8, 4) is 0 Å². The molecule has 5 nitrogen and oxygen atoms in total. The van der Waals surface area contributed by atoms with Gasteiger partial charge < -0.3 is 5.32 Å². The summed E-state index contributed by atoms with van der Waals surface area (Å²) in [7, 11) is 0. The Bertz CT molecular complexity index is 618. The summed E-state index contributed by atoms with van der Waals surface area (Å²) in [6, 6.07) is 7.28. The maximum atomic E-state index is 12.2. The van der Waals surface area contributed by atoms with Gasteiger partial charge in [0.2, 0.25) is 0 Å². The van der Waals surface area contributed by atoms with Crippen LogP contribution in [0, 0.1) is 0 Å². The summed E-state index contributed by atoms with van der Waals surface area (Å²) >= 11 is 0. The summed E-state index contributed by atoms with van der Waals surface area (Å²) < 4.78 is 1.42. The Morgan fingerprint density at radius 3 is 2.79 bits per heavy atom. The fourth-order valence-corrected chi connectivity index (χ4v) is 1.79. The van der Waals surface area contributed by atoms with Gasteiger partial charge in [-0.3, -0.25) is 4.79 Å². The lowest BCUT2D eigenvalue weighted by atomic mass is 10.0. The Kier molecular flexibility index (Phi) is 3.95. The first kappa shape index (κ1) is 13.7. The molecule has 0 radical (unpaired) electrons. The largest absolute Gasteiger partial charge is 0.310 e. The van der Waals surface area contributed by atoms with Gasteiger partial charge in [0, 0.05) is 12.1 Å². The van der Waals surface area contributed by atoms with E-state index in [2.05, 4.69) is 36.4 Å². The van der Waals surface area contributed by atoms with Crippen molar-refractivity contribution in [1.82, 2.24) is 20.3 Å². The van der Waals surface area contributed by atoms with E-state index in [1.54, 1.807) is 12.1 Å². The molecule has 19 heavy (non-hydrogen) atoms. The topological polar surface area (TPSA) is 59.8 Å². The van der Waals surface area contributed by atoms with Gasteiger partial charge in [0.1, 0.15) is 5.52 Å². The van der Waals surface area contributed by atoms with E-state index in [1.807, 2.05) is 12.1 Å². The second kappa shape index (κ2) is 5.48. The summed E-state index contributed by atoms with van der Waals surface area (Å²) in [5, 5.41) is 12.1. The highest BCUT2D eigenvalue weighted by molar-refractivity contribution is 5.76. The van der Waals surface area contributed by atoms with E-state index < -0.39 is 0 Å². The highest BCUT2D eigenvalue weighted by atomic mass is 16.1. The Balaban J connectivity index is 2.14. The summed E-state index contributed by atoms with van der Waals surface area (Å²) in [4.78, 5) is 12.2. The number of benzene rings is 1. The molecular weight excluding hydrogens is 240 g/mol. The van der Waals surface area contributed by atoms with Crippen LogP contribution in [0.5, 0.6) is 0 Å². The second-order valence-electron chi connectivity index (χ2n) is 5.30. The van der Waals surface area contributed by atoms with Gasteiger partial charge in [-0.1, -0.05) is 24.3 Å². The van der Waals surface area contributed by atoms with Crippen LogP contribution in [0.3, 0.4) is 0 Å². The summed E-state index contributed by atoms with van der Waals surface area (Å²) in [5.41, 5.74) is 0.640. The van der Waals surface area contributed by atoms with Crippen LogP contribution in [-0.2, 0) is 6.54 Å². The van der Waals surface area contributed by atoms with Crippen LogP contribution in [0.2, 0.25) is 0 Å². The lowest BCUT2D eigenvalue weighted by Gasteiger charge is -2.24. The van der Waals surface area contributed by atoms with Gasteiger partial charge in [0.05, 0.1) is 11.9 Å². The van der Waals surface area contributed by atoms with E-state index >= 15 is 0 Å². The molecule has 0 bridgehead atoms. The quantitative estimate of drug-likeness (QED) is 0.886. The molecule has 0 saturated carbocycles. The number of aromatic nitrogens is 3. The van der Waals surface area contributed by atoms with Crippen LogP contribution >= 0.6 is 0 Å². The maximum Gasteiger partial charge on any atom is 0.277 e. The summed E-state index contributed by atoms with van der Waals surface area (Å²) in [6.07, 6.45) is 1.03. The van der Waals surface area contributed by atoms with Gasteiger partial charge in [-0.05, 0) is 32.4 Å². The number of nitrogens with zero attached hydrogens (tertiary/aromatic N) is 3. The van der Waals surface area contributed by atoms with Gasteiger partial charge in [0.25, 0.3) is 5.56 Å². The average Bonchev–Trinajstić information content (AvgIpc) is 2.42. The standard InChI is InChI=1S/C14H20N4O/c1-4-14(2,3)15-9-10-18-13(19)11-7-5-6-8-12(11)16-17-18/h5-8,15H,4,9-10H2,1-3H3. The minimum atomic E-state index is -0.0818. The van der Waals surface area contributed by atoms with Gasteiger partial charge in [0.15, 0.2) is 0 Å². The van der Waals surface area contributed by atoms with Crippen LogP contribution in [0.15, 0.2) is 29.1 Å². The summed E-state index contributed by atoms with van der Waals surface area (Å²) in [5.74, 6) is 0. The number of fused-ring (bicyclic) bond motifs is 1. The molecule has 0 aliphatic carbocycles. The third-order valence-electron chi connectivity index (χ3n) is 3.44. The van der Waals surface area contributed by atoms with Crippen molar-refractivity contribution in [3.63, 3.8) is 0 Å². The molecule has 5 heteroatoms. The predicted octanol–water partition coefficient (Wildman–Crippen LogP) is 1.57. The lowest BCUT2D eigenvalue weighted by Crippen LogP contribution is -2.41. The van der Waals surface area contributed by atoms with Crippen LogP contribution in [0.1, 0.15) is 27.2 Å². The molecule has 1 aromatic carbocycles. The molecule has 2 aromatic rings. The zero-order chi connectivity index (χ0) is 13.9. The zero-order valence-corrected chi connectivity index (χ0v) is 11.7. The van der Waals surface area contributed by atoms with E-state index in [0.29, 0.717) is 24.0 Å². The molecule has 1 N–H and O–H groups in total. The maximum absolute atomic E-state index is 12.2. The molecule has 1 aromatic heterocycles. The molecule has 0 unspecified atom stereocenters. The van der Waals surface area contributed by atoms with Crippen LogP contribution in [0.4, 0.5) is 0 Å². The fraction of sp³-hybridized carbons (Fsp3) is 0.500. The molecule has 0 fully saturated rings. The Morgan fingerprint density at radius 2 is 2.05 bits per heavy atom. The Hall–Kier alpha value is -1.75. The molecular formula is C14H20N4O. The van der Waals surface area contributed by atoms with Crippen molar-refractivity contribution in [2.75, 3.05) is 6.54 Å². The molecule has 0 aliphatic rings. The molecule has 2 rings (SSSR count). The minimum absolute atomic E-state index is 0.0773. The van der Waals surface area contributed by atoms with Crippen LogP contribution in [-0.4, -0.2) is 27.1 Å². The van der Waals surface area contributed by atoms with Gasteiger partial charge in [-0.25, -0.2) is 4.68 Å². The highest BCUT2D eigenvalue weighted by Gasteiger charge is 2.13. The molecule has 1 heterocycles.